The summed E-state index contributed by atoms with van der Waals surface area (Å²) in [6.45, 7) is 7.81. The van der Waals surface area contributed by atoms with Gasteiger partial charge in [0.05, 0.1) is 0 Å². The predicted molar refractivity (Wildman–Crippen MR) is 77.5 cm³/mol. The maximum atomic E-state index is 12.5. The molecular formula is C15H20BrNO. The van der Waals surface area contributed by atoms with Crippen molar-refractivity contribution in [3.05, 3.63) is 35.9 Å². The molecule has 1 aromatic carbocycles. The summed E-state index contributed by atoms with van der Waals surface area (Å²) < 4.78 is 0. The van der Waals surface area contributed by atoms with Gasteiger partial charge >= 0.3 is 0 Å². The standard InChI is InChI=1S/C15H20BrNO/c1-11(16)13-10-17(14(18)15(13,2)3)9-12-7-5-4-6-8-12/h4-8,11,13H,9-10H2,1-3H3/t11-,13?/m1/s1. The summed E-state index contributed by atoms with van der Waals surface area (Å²) in [4.78, 5) is 14.8. The maximum Gasteiger partial charge on any atom is 0.228 e. The molecule has 1 aliphatic heterocycles. The van der Waals surface area contributed by atoms with Crippen molar-refractivity contribution < 1.29 is 4.79 Å². The number of hydrogen-bond donors (Lipinski definition) is 0. The van der Waals surface area contributed by atoms with Crippen LogP contribution < -0.4 is 0 Å². The maximum absolute atomic E-state index is 12.5. The Morgan fingerprint density at radius 1 is 1.39 bits per heavy atom. The van der Waals surface area contributed by atoms with Crippen molar-refractivity contribution in [2.45, 2.75) is 32.1 Å². The van der Waals surface area contributed by atoms with Crippen molar-refractivity contribution in [2.24, 2.45) is 11.3 Å². The molecule has 2 rings (SSSR count). The van der Waals surface area contributed by atoms with Gasteiger partial charge in [0, 0.05) is 29.2 Å². The Bertz CT molecular complexity index is 427. The smallest absolute Gasteiger partial charge is 0.228 e. The number of carbonyl (C=O) groups is 1. The summed E-state index contributed by atoms with van der Waals surface area (Å²) in [5.74, 6) is 0.636. The van der Waals surface area contributed by atoms with Crippen LogP contribution in [0.4, 0.5) is 0 Å². The lowest BCUT2D eigenvalue weighted by Gasteiger charge is -2.25. The number of amides is 1. The van der Waals surface area contributed by atoms with Crippen molar-refractivity contribution in [3.8, 4) is 0 Å². The van der Waals surface area contributed by atoms with Gasteiger partial charge in [0.1, 0.15) is 0 Å². The molecule has 3 heteroatoms. The van der Waals surface area contributed by atoms with Gasteiger partial charge in [-0.2, -0.15) is 0 Å². The Morgan fingerprint density at radius 3 is 2.50 bits per heavy atom. The molecule has 1 amide bonds. The highest BCUT2D eigenvalue weighted by Gasteiger charge is 2.48. The van der Waals surface area contributed by atoms with E-state index < -0.39 is 0 Å². The number of likely N-dealkylation sites (tertiary alicyclic amines) is 1. The Labute approximate surface area is 117 Å². The van der Waals surface area contributed by atoms with Crippen LogP contribution in [-0.2, 0) is 11.3 Å². The number of rotatable bonds is 3. The molecule has 0 saturated carbocycles. The van der Waals surface area contributed by atoms with Gasteiger partial charge in [-0.05, 0) is 5.56 Å². The number of nitrogens with zero attached hydrogens (tertiary/aromatic N) is 1. The van der Waals surface area contributed by atoms with Gasteiger partial charge in [0.2, 0.25) is 5.91 Å². The van der Waals surface area contributed by atoms with Crippen molar-refractivity contribution in [2.75, 3.05) is 6.54 Å². The summed E-state index contributed by atoms with van der Waals surface area (Å²) in [6.07, 6.45) is 0. The molecule has 2 atom stereocenters. The van der Waals surface area contributed by atoms with E-state index in [0.29, 0.717) is 10.7 Å². The fourth-order valence-corrected chi connectivity index (χ4v) is 3.60. The lowest BCUT2D eigenvalue weighted by atomic mass is 9.80. The minimum atomic E-state index is -0.266. The summed E-state index contributed by atoms with van der Waals surface area (Å²) in [6, 6.07) is 10.2. The third-order valence-corrected chi connectivity index (χ3v) is 4.59. The Hall–Kier alpha value is -0.830. The van der Waals surface area contributed by atoms with Crippen LogP contribution in [0.3, 0.4) is 0 Å². The molecule has 1 unspecified atom stereocenters. The molecule has 1 fully saturated rings. The van der Waals surface area contributed by atoms with Crippen LogP contribution in [0.1, 0.15) is 26.3 Å². The van der Waals surface area contributed by atoms with Gasteiger partial charge in [0.25, 0.3) is 0 Å². The molecular weight excluding hydrogens is 290 g/mol. The number of benzene rings is 1. The summed E-state index contributed by atoms with van der Waals surface area (Å²) in [7, 11) is 0. The van der Waals surface area contributed by atoms with Crippen molar-refractivity contribution in [1.29, 1.82) is 0 Å². The number of hydrogen-bond acceptors (Lipinski definition) is 1. The lowest BCUT2D eigenvalue weighted by molar-refractivity contribution is -0.135. The van der Waals surface area contributed by atoms with E-state index in [-0.39, 0.29) is 11.3 Å². The van der Waals surface area contributed by atoms with Crippen LogP contribution in [0.25, 0.3) is 0 Å². The fraction of sp³-hybridized carbons (Fsp3) is 0.533. The highest BCUT2D eigenvalue weighted by molar-refractivity contribution is 9.09. The van der Waals surface area contributed by atoms with Gasteiger partial charge in [-0.25, -0.2) is 0 Å². The predicted octanol–water partition coefficient (Wildman–Crippen LogP) is 3.45. The first-order valence-corrected chi connectivity index (χ1v) is 7.32. The average Bonchev–Trinajstić information content (AvgIpc) is 2.54. The molecule has 1 aliphatic rings. The Balaban J connectivity index is 2.15. The zero-order valence-electron chi connectivity index (χ0n) is 11.2. The van der Waals surface area contributed by atoms with Crippen LogP contribution in [0.5, 0.6) is 0 Å². The van der Waals surface area contributed by atoms with Crippen LogP contribution in [0.15, 0.2) is 30.3 Å². The highest BCUT2D eigenvalue weighted by atomic mass is 79.9. The number of carbonyl (C=O) groups excluding carboxylic acids is 1. The van der Waals surface area contributed by atoms with Gasteiger partial charge in [-0.1, -0.05) is 67.0 Å². The zero-order valence-corrected chi connectivity index (χ0v) is 12.8. The summed E-state index contributed by atoms with van der Waals surface area (Å²) in [5, 5.41) is 0. The third-order valence-electron chi connectivity index (χ3n) is 3.95. The van der Waals surface area contributed by atoms with Crippen molar-refractivity contribution in [3.63, 3.8) is 0 Å². The van der Waals surface area contributed by atoms with E-state index >= 15 is 0 Å². The SMILES string of the molecule is C[C@@H](Br)C1CN(Cc2ccccc2)C(=O)C1(C)C. The van der Waals surface area contributed by atoms with Crippen molar-refractivity contribution >= 4 is 21.8 Å². The molecule has 0 radical (unpaired) electrons. The van der Waals surface area contributed by atoms with Gasteiger partial charge in [-0.15, -0.1) is 0 Å². The molecule has 0 aliphatic carbocycles. The van der Waals surface area contributed by atoms with E-state index in [4.69, 9.17) is 0 Å². The molecule has 98 valence electrons. The van der Waals surface area contributed by atoms with E-state index in [1.54, 1.807) is 0 Å². The van der Waals surface area contributed by atoms with E-state index in [0.717, 1.165) is 13.1 Å². The summed E-state index contributed by atoms with van der Waals surface area (Å²) >= 11 is 3.64. The second kappa shape index (κ2) is 5.04. The average molecular weight is 310 g/mol. The van der Waals surface area contributed by atoms with E-state index in [1.165, 1.54) is 5.56 Å². The van der Waals surface area contributed by atoms with E-state index in [9.17, 15) is 4.79 Å². The molecule has 0 bridgehead atoms. The molecule has 0 spiro atoms. The Kier molecular flexibility index (Phi) is 3.81. The van der Waals surface area contributed by atoms with E-state index in [2.05, 4.69) is 48.8 Å². The molecule has 2 nitrogen and oxygen atoms in total. The van der Waals surface area contributed by atoms with Gasteiger partial charge in [0.15, 0.2) is 0 Å². The summed E-state index contributed by atoms with van der Waals surface area (Å²) in [5.41, 5.74) is 0.932. The number of halogens is 1. The molecule has 1 heterocycles. The first-order valence-electron chi connectivity index (χ1n) is 6.40. The van der Waals surface area contributed by atoms with Crippen molar-refractivity contribution in [1.82, 2.24) is 4.90 Å². The topological polar surface area (TPSA) is 20.3 Å². The third kappa shape index (κ3) is 2.46. The quantitative estimate of drug-likeness (QED) is 0.783. The minimum absolute atomic E-state index is 0.266. The first-order chi connectivity index (χ1) is 8.43. The second-order valence-electron chi connectivity index (χ2n) is 5.68. The van der Waals surface area contributed by atoms with E-state index in [1.807, 2.05) is 23.1 Å². The Morgan fingerprint density at radius 2 is 2.00 bits per heavy atom. The molecule has 0 N–H and O–H groups in total. The first kappa shape index (κ1) is 13.6. The molecule has 0 aromatic heterocycles. The van der Waals surface area contributed by atoms with Crippen LogP contribution >= 0.6 is 15.9 Å². The van der Waals surface area contributed by atoms with Gasteiger partial charge < -0.3 is 4.90 Å². The second-order valence-corrected chi connectivity index (χ2v) is 7.12. The number of alkyl halides is 1. The van der Waals surface area contributed by atoms with Crippen LogP contribution in [0, 0.1) is 11.3 Å². The van der Waals surface area contributed by atoms with Gasteiger partial charge in [-0.3, -0.25) is 4.79 Å². The lowest BCUT2D eigenvalue weighted by Crippen LogP contribution is -2.32. The highest BCUT2D eigenvalue weighted by Crippen LogP contribution is 2.41. The van der Waals surface area contributed by atoms with Crippen LogP contribution in [0.2, 0.25) is 0 Å². The zero-order chi connectivity index (χ0) is 13.3. The molecule has 1 aromatic rings. The normalized spacial score (nSPS) is 24.3. The molecule has 18 heavy (non-hydrogen) atoms. The molecule has 1 saturated heterocycles. The largest absolute Gasteiger partial charge is 0.338 e. The minimum Gasteiger partial charge on any atom is -0.338 e. The monoisotopic (exact) mass is 309 g/mol. The van der Waals surface area contributed by atoms with Crippen LogP contribution in [-0.4, -0.2) is 22.2 Å². The fourth-order valence-electron chi connectivity index (χ4n) is 2.77.